The van der Waals surface area contributed by atoms with Crippen molar-refractivity contribution >= 4 is 5.65 Å². The summed E-state index contributed by atoms with van der Waals surface area (Å²) in [6, 6.07) is 7.58. The zero-order valence-corrected chi connectivity index (χ0v) is 8.98. The lowest BCUT2D eigenvalue weighted by Crippen LogP contribution is -1.93. The van der Waals surface area contributed by atoms with Gasteiger partial charge in [-0.1, -0.05) is 0 Å². The maximum absolute atomic E-state index is 9.01. The van der Waals surface area contributed by atoms with Crippen molar-refractivity contribution in [3.05, 3.63) is 48.5 Å². The highest BCUT2D eigenvalue weighted by Crippen LogP contribution is 2.15. The largest absolute Gasteiger partial charge is 0.390 e. The van der Waals surface area contributed by atoms with Crippen LogP contribution in [0, 0.1) is 0 Å². The molecule has 0 radical (unpaired) electrons. The highest BCUT2D eigenvalue weighted by molar-refractivity contribution is 5.58. The van der Waals surface area contributed by atoms with Crippen LogP contribution in [0.3, 0.4) is 0 Å². The van der Waals surface area contributed by atoms with E-state index in [1.807, 2.05) is 24.3 Å². The molecule has 5 nitrogen and oxygen atoms in total. The van der Waals surface area contributed by atoms with Gasteiger partial charge in [0.2, 0.25) is 0 Å². The molecule has 84 valence electrons. The Hall–Kier alpha value is -2.27. The Morgan fingerprint density at radius 1 is 1.24 bits per heavy atom. The van der Waals surface area contributed by atoms with Crippen LogP contribution in [0.2, 0.25) is 0 Å². The van der Waals surface area contributed by atoms with Crippen LogP contribution in [0.5, 0.6) is 0 Å². The summed E-state index contributed by atoms with van der Waals surface area (Å²) >= 11 is 0. The molecule has 3 aromatic rings. The van der Waals surface area contributed by atoms with Crippen LogP contribution < -0.4 is 0 Å². The van der Waals surface area contributed by atoms with Crippen LogP contribution in [0.4, 0.5) is 0 Å². The molecule has 0 amide bonds. The SMILES string of the molecule is OCc1cn2nc(-c3cccnc3)ccc2n1. The maximum atomic E-state index is 9.01. The van der Waals surface area contributed by atoms with Crippen molar-refractivity contribution in [3.8, 4) is 11.3 Å². The molecular weight excluding hydrogens is 216 g/mol. The molecule has 0 saturated heterocycles. The lowest BCUT2D eigenvalue weighted by molar-refractivity contribution is 0.277. The van der Waals surface area contributed by atoms with Crippen LogP contribution in [-0.4, -0.2) is 24.7 Å². The molecule has 0 aliphatic rings. The smallest absolute Gasteiger partial charge is 0.153 e. The summed E-state index contributed by atoms with van der Waals surface area (Å²) in [5.74, 6) is 0. The van der Waals surface area contributed by atoms with E-state index in [9.17, 15) is 0 Å². The quantitative estimate of drug-likeness (QED) is 0.715. The minimum Gasteiger partial charge on any atom is -0.390 e. The summed E-state index contributed by atoms with van der Waals surface area (Å²) in [5, 5.41) is 13.4. The first-order chi connectivity index (χ1) is 8.36. The standard InChI is InChI=1S/C12H10N4O/c17-8-10-7-16-12(14-10)4-3-11(15-16)9-2-1-5-13-6-9/h1-7,17H,8H2. The highest BCUT2D eigenvalue weighted by atomic mass is 16.3. The molecule has 0 spiro atoms. The van der Waals surface area contributed by atoms with Gasteiger partial charge < -0.3 is 5.11 Å². The Morgan fingerprint density at radius 3 is 2.94 bits per heavy atom. The van der Waals surface area contributed by atoms with E-state index in [1.54, 1.807) is 23.1 Å². The van der Waals surface area contributed by atoms with E-state index in [4.69, 9.17) is 5.11 Å². The Bertz CT molecular complexity index is 648. The molecule has 0 aliphatic carbocycles. The van der Waals surface area contributed by atoms with Crippen LogP contribution in [0.25, 0.3) is 16.9 Å². The van der Waals surface area contributed by atoms with Gasteiger partial charge in [0, 0.05) is 18.0 Å². The monoisotopic (exact) mass is 226 g/mol. The van der Waals surface area contributed by atoms with Crippen LogP contribution in [0.15, 0.2) is 42.9 Å². The van der Waals surface area contributed by atoms with Gasteiger partial charge in [0.05, 0.1) is 24.2 Å². The van der Waals surface area contributed by atoms with Gasteiger partial charge >= 0.3 is 0 Å². The number of imidazole rings is 1. The number of aliphatic hydroxyl groups excluding tert-OH is 1. The number of pyridine rings is 1. The molecule has 17 heavy (non-hydrogen) atoms. The number of fused-ring (bicyclic) bond motifs is 1. The van der Waals surface area contributed by atoms with Crippen molar-refractivity contribution in [3.63, 3.8) is 0 Å². The predicted octanol–water partition coefficient (Wildman–Crippen LogP) is 1.28. The fourth-order valence-electron chi connectivity index (χ4n) is 1.68. The van der Waals surface area contributed by atoms with Crippen LogP contribution >= 0.6 is 0 Å². The van der Waals surface area contributed by atoms with Gasteiger partial charge in [-0.25, -0.2) is 9.50 Å². The van der Waals surface area contributed by atoms with Gasteiger partial charge in [0.25, 0.3) is 0 Å². The third-order valence-electron chi connectivity index (χ3n) is 2.49. The summed E-state index contributed by atoms with van der Waals surface area (Å²) in [4.78, 5) is 8.26. The van der Waals surface area contributed by atoms with Crippen molar-refractivity contribution in [2.75, 3.05) is 0 Å². The molecule has 3 heterocycles. The number of aromatic nitrogens is 4. The van der Waals surface area contributed by atoms with E-state index >= 15 is 0 Å². The van der Waals surface area contributed by atoms with E-state index in [-0.39, 0.29) is 6.61 Å². The van der Waals surface area contributed by atoms with E-state index in [2.05, 4.69) is 15.1 Å². The molecular formula is C12H10N4O. The molecule has 0 aromatic carbocycles. The lowest BCUT2D eigenvalue weighted by atomic mass is 10.2. The number of aliphatic hydroxyl groups is 1. The summed E-state index contributed by atoms with van der Waals surface area (Å²) in [6.07, 6.45) is 5.20. The van der Waals surface area contributed by atoms with E-state index in [1.165, 1.54) is 0 Å². The van der Waals surface area contributed by atoms with Crippen molar-refractivity contribution in [1.82, 2.24) is 19.6 Å². The zero-order valence-electron chi connectivity index (χ0n) is 8.98. The normalized spacial score (nSPS) is 10.9. The Balaban J connectivity index is 2.13. The lowest BCUT2D eigenvalue weighted by Gasteiger charge is -1.99. The van der Waals surface area contributed by atoms with Crippen molar-refractivity contribution in [1.29, 1.82) is 0 Å². The molecule has 0 aliphatic heterocycles. The second-order valence-electron chi connectivity index (χ2n) is 3.65. The Morgan fingerprint density at radius 2 is 2.18 bits per heavy atom. The van der Waals surface area contributed by atoms with Crippen molar-refractivity contribution < 1.29 is 5.11 Å². The van der Waals surface area contributed by atoms with Gasteiger partial charge in [-0.05, 0) is 24.3 Å². The zero-order chi connectivity index (χ0) is 11.7. The second kappa shape index (κ2) is 3.95. The summed E-state index contributed by atoms with van der Waals surface area (Å²) < 4.78 is 1.66. The third kappa shape index (κ3) is 1.76. The summed E-state index contributed by atoms with van der Waals surface area (Å²) in [6.45, 7) is -0.0778. The average Bonchev–Trinajstić information content (AvgIpc) is 2.81. The van der Waals surface area contributed by atoms with Gasteiger partial charge in [-0.3, -0.25) is 4.98 Å². The van der Waals surface area contributed by atoms with E-state index in [0.717, 1.165) is 16.9 Å². The average molecular weight is 226 g/mol. The number of rotatable bonds is 2. The molecule has 0 unspecified atom stereocenters. The van der Waals surface area contributed by atoms with Crippen LogP contribution in [-0.2, 0) is 6.61 Å². The summed E-state index contributed by atoms with van der Waals surface area (Å²) in [5.41, 5.74) is 3.11. The van der Waals surface area contributed by atoms with Gasteiger partial charge in [-0.15, -0.1) is 0 Å². The third-order valence-corrected chi connectivity index (χ3v) is 2.49. The second-order valence-corrected chi connectivity index (χ2v) is 3.65. The molecule has 0 bridgehead atoms. The molecule has 0 saturated carbocycles. The molecule has 0 atom stereocenters. The fourth-order valence-corrected chi connectivity index (χ4v) is 1.68. The molecule has 3 rings (SSSR count). The fraction of sp³-hybridized carbons (Fsp3) is 0.0833. The topological polar surface area (TPSA) is 63.3 Å². The number of hydrogen-bond acceptors (Lipinski definition) is 4. The van der Waals surface area contributed by atoms with Gasteiger partial charge in [0.1, 0.15) is 0 Å². The van der Waals surface area contributed by atoms with Gasteiger partial charge in [0.15, 0.2) is 5.65 Å². The first-order valence-electron chi connectivity index (χ1n) is 5.23. The highest BCUT2D eigenvalue weighted by Gasteiger charge is 2.04. The Labute approximate surface area is 97.4 Å². The first-order valence-corrected chi connectivity index (χ1v) is 5.23. The number of nitrogens with zero attached hydrogens (tertiary/aromatic N) is 4. The minimum atomic E-state index is -0.0778. The first kappa shape index (κ1) is 9.92. The van der Waals surface area contributed by atoms with Crippen molar-refractivity contribution in [2.45, 2.75) is 6.61 Å². The maximum Gasteiger partial charge on any atom is 0.153 e. The summed E-state index contributed by atoms with van der Waals surface area (Å²) in [7, 11) is 0. The Kier molecular flexibility index (Phi) is 2.31. The number of hydrogen-bond donors (Lipinski definition) is 1. The van der Waals surface area contributed by atoms with Gasteiger partial charge in [-0.2, -0.15) is 5.10 Å². The molecule has 3 aromatic heterocycles. The molecule has 0 fully saturated rings. The van der Waals surface area contributed by atoms with E-state index < -0.39 is 0 Å². The molecule has 5 heteroatoms. The molecule has 1 N–H and O–H groups in total. The van der Waals surface area contributed by atoms with Crippen LogP contribution in [0.1, 0.15) is 5.69 Å². The minimum absolute atomic E-state index is 0.0778. The predicted molar refractivity (Wildman–Crippen MR) is 62.1 cm³/mol. The van der Waals surface area contributed by atoms with E-state index in [0.29, 0.717) is 5.69 Å². The van der Waals surface area contributed by atoms with Crippen molar-refractivity contribution in [2.24, 2.45) is 0 Å².